The zero-order chi connectivity index (χ0) is 28.2. The van der Waals surface area contributed by atoms with Crippen LogP contribution in [0.2, 0.25) is 0 Å². The Labute approximate surface area is 237 Å². The van der Waals surface area contributed by atoms with Crippen LogP contribution in [0, 0.1) is 0 Å². The van der Waals surface area contributed by atoms with Gasteiger partial charge >= 0.3 is 0 Å². The van der Waals surface area contributed by atoms with Crippen molar-refractivity contribution in [1.29, 1.82) is 0 Å². The van der Waals surface area contributed by atoms with Crippen LogP contribution >= 0.6 is 0 Å². The van der Waals surface area contributed by atoms with Crippen molar-refractivity contribution in [2.24, 2.45) is 0 Å². The van der Waals surface area contributed by atoms with Gasteiger partial charge in [-0.05, 0) is 98.5 Å². The molecule has 0 aromatic heterocycles. The zero-order valence-corrected chi connectivity index (χ0v) is 23.7. The van der Waals surface area contributed by atoms with E-state index in [4.69, 9.17) is 18.9 Å². The van der Waals surface area contributed by atoms with E-state index in [-0.39, 0.29) is 0 Å². The molecule has 4 nitrogen and oxygen atoms in total. The average Bonchev–Trinajstić information content (AvgIpc) is 2.99. The lowest BCUT2D eigenvalue weighted by Gasteiger charge is -2.10. The minimum atomic E-state index is 0.622. The molecule has 0 aliphatic heterocycles. The molecule has 0 atom stereocenters. The number of hydrogen-bond donors (Lipinski definition) is 0. The maximum atomic E-state index is 5.67. The third kappa shape index (κ3) is 7.48. The molecule has 0 saturated heterocycles. The fraction of sp³-hybridized carbons (Fsp3) is 0.222. The molecule has 4 aromatic rings. The third-order valence-corrected chi connectivity index (χ3v) is 6.13. The highest BCUT2D eigenvalue weighted by atomic mass is 16.5. The monoisotopic (exact) mass is 532 g/mol. The van der Waals surface area contributed by atoms with Gasteiger partial charge in [0, 0.05) is 11.1 Å². The second-order valence-electron chi connectivity index (χ2n) is 8.83. The smallest absolute Gasteiger partial charge is 0.119 e. The van der Waals surface area contributed by atoms with E-state index in [0.717, 1.165) is 56.4 Å². The van der Waals surface area contributed by atoms with Gasteiger partial charge in [0.15, 0.2) is 0 Å². The third-order valence-electron chi connectivity index (χ3n) is 6.13. The van der Waals surface area contributed by atoms with E-state index in [1.54, 1.807) is 0 Å². The standard InChI is InChI=1S/C36H36O4/c1-5-37-31-17-9-27(10-18-31)35(28-11-19-32(20-12-28)38-6-2)25-26-36(29-13-21-33(22-14-29)39-7-3)30-15-23-34(24-16-30)40-8-4/h9-24H,5-8H2,1-4H3. The van der Waals surface area contributed by atoms with Gasteiger partial charge in [0.25, 0.3) is 0 Å². The Bertz CT molecular complexity index is 1230. The number of hydrogen-bond acceptors (Lipinski definition) is 4. The van der Waals surface area contributed by atoms with Gasteiger partial charge in [-0.3, -0.25) is 0 Å². The molecule has 40 heavy (non-hydrogen) atoms. The van der Waals surface area contributed by atoms with Gasteiger partial charge in [-0.25, -0.2) is 0 Å². The van der Waals surface area contributed by atoms with E-state index in [2.05, 4.69) is 60.0 Å². The Hall–Kier alpha value is -4.62. The minimum absolute atomic E-state index is 0.622. The van der Waals surface area contributed by atoms with Crippen LogP contribution in [0.1, 0.15) is 49.9 Å². The molecule has 0 saturated carbocycles. The van der Waals surface area contributed by atoms with Crippen LogP contribution in [0.5, 0.6) is 23.0 Å². The van der Waals surface area contributed by atoms with E-state index in [0.29, 0.717) is 26.4 Å². The SMILES string of the molecule is CCOc1ccc(C(=C=C=C(c2ccc(OCC)cc2)c2ccc(OCC)cc2)c2ccc(OCC)cc2)cc1. The molecular weight excluding hydrogens is 496 g/mol. The molecule has 0 aliphatic rings. The molecule has 0 aliphatic carbocycles. The largest absolute Gasteiger partial charge is 0.494 e. The summed E-state index contributed by atoms with van der Waals surface area (Å²) < 4.78 is 22.7. The lowest BCUT2D eigenvalue weighted by atomic mass is 9.96. The molecule has 0 fully saturated rings. The summed E-state index contributed by atoms with van der Waals surface area (Å²) >= 11 is 0. The molecule has 0 N–H and O–H groups in total. The topological polar surface area (TPSA) is 36.9 Å². The van der Waals surface area contributed by atoms with Gasteiger partial charge in [-0.15, -0.1) is 0 Å². The van der Waals surface area contributed by atoms with Crippen LogP contribution in [-0.4, -0.2) is 26.4 Å². The van der Waals surface area contributed by atoms with Crippen LogP contribution in [0.3, 0.4) is 0 Å². The van der Waals surface area contributed by atoms with Gasteiger partial charge in [0.05, 0.1) is 26.4 Å². The highest BCUT2D eigenvalue weighted by molar-refractivity contribution is 5.83. The van der Waals surface area contributed by atoms with Crippen molar-refractivity contribution in [2.75, 3.05) is 26.4 Å². The highest BCUT2D eigenvalue weighted by Crippen LogP contribution is 2.29. The first kappa shape index (κ1) is 28.4. The lowest BCUT2D eigenvalue weighted by Crippen LogP contribution is -1.94. The second kappa shape index (κ2) is 14.5. The van der Waals surface area contributed by atoms with Crippen molar-refractivity contribution in [3.8, 4) is 23.0 Å². The van der Waals surface area contributed by atoms with Crippen molar-refractivity contribution >= 4 is 11.1 Å². The van der Waals surface area contributed by atoms with Crippen molar-refractivity contribution in [3.05, 3.63) is 131 Å². The van der Waals surface area contributed by atoms with Crippen LogP contribution < -0.4 is 18.9 Å². The molecule has 0 heterocycles. The Balaban J connectivity index is 1.92. The Kier molecular flexibility index (Phi) is 10.3. The fourth-order valence-electron chi connectivity index (χ4n) is 4.28. The summed E-state index contributed by atoms with van der Waals surface area (Å²) in [4.78, 5) is 0. The van der Waals surface area contributed by atoms with E-state index in [9.17, 15) is 0 Å². The van der Waals surface area contributed by atoms with Gasteiger partial charge in [0.1, 0.15) is 23.0 Å². The molecule has 0 unspecified atom stereocenters. The first-order valence-corrected chi connectivity index (χ1v) is 13.8. The maximum absolute atomic E-state index is 5.67. The molecule has 4 rings (SSSR count). The molecule has 0 radical (unpaired) electrons. The minimum Gasteiger partial charge on any atom is -0.494 e. The lowest BCUT2D eigenvalue weighted by molar-refractivity contribution is 0.340. The van der Waals surface area contributed by atoms with Crippen LogP contribution in [0.15, 0.2) is 109 Å². The summed E-state index contributed by atoms with van der Waals surface area (Å²) in [5, 5.41) is 0. The predicted molar refractivity (Wildman–Crippen MR) is 162 cm³/mol. The first-order chi connectivity index (χ1) is 19.6. The van der Waals surface area contributed by atoms with Gasteiger partial charge < -0.3 is 18.9 Å². The molecule has 4 heteroatoms. The summed E-state index contributed by atoms with van der Waals surface area (Å²) in [6.07, 6.45) is 0. The van der Waals surface area contributed by atoms with Gasteiger partial charge in [-0.1, -0.05) is 60.0 Å². The van der Waals surface area contributed by atoms with Gasteiger partial charge in [0.2, 0.25) is 0 Å². The van der Waals surface area contributed by atoms with E-state index in [1.165, 1.54) is 0 Å². The Morgan fingerprint density at radius 1 is 0.375 bits per heavy atom. The summed E-state index contributed by atoms with van der Waals surface area (Å²) in [5.74, 6) is 3.34. The van der Waals surface area contributed by atoms with E-state index >= 15 is 0 Å². The van der Waals surface area contributed by atoms with E-state index in [1.807, 2.05) is 76.2 Å². The van der Waals surface area contributed by atoms with Crippen molar-refractivity contribution < 1.29 is 18.9 Å². The maximum Gasteiger partial charge on any atom is 0.119 e. The number of ether oxygens (including phenoxy) is 4. The van der Waals surface area contributed by atoms with Crippen LogP contribution in [0.25, 0.3) is 11.1 Å². The van der Waals surface area contributed by atoms with E-state index < -0.39 is 0 Å². The molecular formula is C36H36O4. The summed E-state index contributed by atoms with van der Waals surface area (Å²) in [5.41, 5.74) is 12.9. The average molecular weight is 533 g/mol. The molecule has 204 valence electrons. The Morgan fingerprint density at radius 3 is 0.750 bits per heavy atom. The fourth-order valence-corrected chi connectivity index (χ4v) is 4.28. The Morgan fingerprint density at radius 2 is 0.575 bits per heavy atom. The quantitative estimate of drug-likeness (QED) is 0.171. The number of benzene rings is 4. The van der Waals surface area contributed by atoms with Crippen LogP contribution in [-0.2, 0) is 0 Å². The zero-order valence-electron chi connectivity index (χ0n) is 23.7. The molecule has 0 amide bonds. The summed E-state index contributed by atoms with van der Waals surface area (Å²) in [7, 11) is 0. The highest BCUT2D eigenvalue weighted by Gasteiger charge is 2.09. The first-order valence-electron chi connectivity index (χ1n) is 13.8. The van der Waals surface area contributed by atoms with Crippen molar-refractivity contribution in [3.63, 3.8) is 0 Å². The number of rotatable bonds is 12. The normalized spacial score (nSPS) is 10.2. The van der Waals surface area contributed by atoms with Gasteiger partial charge in [-0.2, -0.15) is 0 Å². The van der Waals surface area contributed by atoms with Crippen LogP contribution in [0.4, 0.5) is 0 Å². The second-order valence-corrected chi connectivity index (χ2v) is 8.83. The summed E-state index contributed by atoms with van der Waals surface area (Å²) in [6.45, 7) is 10.4. The molecule has 0 bridgehead atoms. The molecule has 0 spiro atoms. The van der Waals surface area contributed by atoms with Crippen molar-refractivity contribution in [1.82, 2.24) is 0 Å². The molecule has 4 aromatic carbocycles. The summed E-state index contributed by atoms with van der Waals surface area (Å²) in [6, 6.07) is 32.3. The van der Waals surface area contributed by atoms with Crippen molar-refractivity contribution in [2.45, 2.75) is 27.7 Å². The predicted octanol–water partition coefficient (Wildman–Crippen LogP) is 8.60.